The van der Waals surface area contributed by atoms with Crippen LogP contribution in [0.5, 0.6) is 0 Å². The second-order valence-corrected chi connectivity index (χ2v) is 5.59. The predicted molar refractivity (Wildman–Crippen MR) is 71.8 cm³/mol. The summed E-state index contributed by atoms with van der Waals surface area (Å²) in [4.78, 5) is 14.3. The van der Waals surface area contributed by atoms with Gasteiger partial charge in [0.05, 0.1) is 0 Å². The Morgan fingerprint density at radius 2 is 2.06 bits per heavy atom. The molecule has 0 radical (unpaired) electrons. The summed E-state index contributed by atoms with van der Waals surface area (Å²) in [5.41, 5.74) is 5.98. The number of hydrogen-bond donors (Lipinski definition) is 1. The minimum absolute atomic E-state index is 0.186. The van der Waals surface area contributed by atoms with E-state index in [9.17, 15) is 4.79 Å². The maximum absolute atomic E-state index is 12.3. The Kier molecular flexibility index (Phi) is 5.44. The van der Waals surface area contributed by atoms with Crippen molar-refractivity contribution in [1.82, 2.24) is 4.90 Å². The largest absolute Gasteiger partial charge is 0.340 e. The summed E-state index contributed by atoms with van der Waals surface area (Å²) in [7, 11) is 0. The Bertz CT molecular complexity index is 249. The van der Waals surface area contributed by atoms with Crippen molar-refractivity contribution in [2.75, 3.05) is 6.54 Å². The lowest BCUT2D eigenvalue weighted by Gasteiger charge is -2.40. The number of carbonyl (C=O) groups excluding carboxylic acids is 1. The number of unbranched alkanes of at least 4 members (excludes halogenated alkanes) is 1. The highest BCUT2D eigenvalue weighted by Gasteiger charge is 2.36. The van der Waals surface area contributed by atoms with E-state index in [1.807, 2.05) is 4.90 Å². The normalized spacial score (nSPS) is 19.5. The molecule has 0 bridgehead atoms. The first-order valence-electron chi connectivity index (χ1n) is 7.10. The Morgan fingerprint density at radius 3 is 2.47 bits per heavy atom. The van der Waals surface area contributed by atoms with Crippen LogP contribution < -0.4 is 5.73 Å². The third kappa shape index (κ3) is 3.98. The van der Waals surface area contributed by atoms with Gasteiger partial charge < -0.3 is 10.6 Å². The van der Waals surface area contributed by atoms with Crippen molar-refractivity contribution >= 4 is 5.91 Å². The molecule has 1 atom stereocenters. The fraction of sp³-hybridized carbons (Fsp3) is 0.929. The van der Waals surface area contributed by atoms with Crippen molar-refractivity contribution in [2.45, 2.75) is 77.3 Å². The van der Waals surface area contributed by atoms with Gasteiger partial charge in [0.1, 0.15) is 0 Å². The molecular formula is C14H28N2O. The van der Waals surface area contributed by atoms with Crippen LogP contribution in [0.4, 0.5) is 0 Å². The molecule has 0 spiro atoms. The number of carbonyl (C=O) groups is 1. The lowest BCUT2D eigenvalue weighted by atomic mass is 9.75. The summed E-state index contributed by atoms with van der Waals surface area (Å²) < 4.78 is 0. The van der Waals surface area contributed by atoms with Gasteiger partial charge in [0.15, 0.2) is 0 Å². The van der Waals surface area contributed by atoms with Crippen LogP contribution >= 0.6 is 0 Å². The number of nitrogens with zero attached hydrogens (tertiary/aromatic N) is 1. The van der Waals surface area contributed by atoms with Gasteiger partial charge in [0, 0.05) is 24.5 Å². The number of rotatable bonds is 7. The third-order valence-electron chi connectivity index (χ3n) is 4.05. The van der Waals surface area contributed by atoms with Crippen molar-refractivity contribution in [3.8, 4) is 0 Å². The molecule has 1 saturated carbocycles. The van der Waals surface area contributed by atoms with E-state index < -0.39 is 0 Å². The fourth-order valence-electron chi connectivity index (χ4n) is 2.35. The summed E-state index contributed by atoms with van der Waals surface area (Å²) >= 11 is 0. The summed E-state index contributed by atoms with van der Waals surface area (Å²) in [6.07, 6.45) is 7.00. The molecule has 3 nitrogen and oxygen atoms in total. The van der Waals surface area contributed by atoms with Gasteiger partial charge in [-0.25, -0.2) is 0 Å². The Balaban J connectivity index is 2.52. The van der Waals surface area contributed by atoms with E-state index in [4.69, 9.17) is 5.73 Å². The SMILES string of the molecule is CCCCN(C(=O)CC1(N)CCC1)C(C)CC. The molecule has 0 aromatic heterocycles. The standard InChI is InChI=1S/C14H28N2O/c1-4-6-10-16(12(3)5-2)13(17)11-14(15)8-7-9-14/h12H,4-11,15H2,1-3H3. The van der Waals surface area contributed by atoms with Crippen LogP contribution in [0.2, 0.25) is 0 Å². The molecule has 1 amide bonds. The van der Waals surface area contributed by atoms with E-state index in [1.54, 1.807) is 0 Å². The van der Waals surface area contributed by atoms with E-state index in [0.29, 0.717) is 12.5 Å². The number of nitrogens with two attached hydrogens (primary N) is 1. The quantitative estimate of drug-likeness (QED) is 0.743. The third-order valence-corrected chi connectivity index (χ3v) is 4.05. The summed E-state index contributed by atoms with van der Waals surface area (Å²) in [5, 5.41) is 0. The topological polar surface area (TPSA) is 46.3 Å². The zero-order valence-corrected chi connectivity index (χ0v) is 11.7. The Morgan fingerprint density at radius 1 is 1.41 bits per heavy atom. The molecular weight excluding hydrogens is 212 g/mol. The average molecular weight is 240 g/mol. The van der Waals surface area contributed by atoms with Crippen molar-refractivity contribution < 1.29 is 4.79 Å². The molecule has 1 rings (SSSR count). The minimum atomic E-state index is -0.186. The van der Waals surface area contributed by atoms with Crippen LogP contribution in [0.3, 0.4) is 0 Å². The number of amides is 1. The summed E-state index contributed by atoms with van der Waals surface area (Å²) in [6.45, 7) is 7.33. The predicted octanol–water partition coefficient (Wildman–Crippen LogP) is 2.69. The smallest absolute Gasteiger partial charge is 0.224 e. The minimum Gasteiger partial charge on any atom is -0.340 e. The average Bonchev–Trinajstić information content (AvgIpc) is 2.27. The van der Waals surface area contributed by atoms with Crippen LogP contribution in [-0.2, 0) is 4.79 Å². The van der Waals surface area contributed by atoms with Crippen molar-refractivity contribution in [3.63, 3.8) is 0 Å². The molecule has 0 saturated heterocycles. The van der Waals surface area contributed by atoms with Crippen molar-refractivity contribution in [1.29, 1.82) is 0 Å². The first kappa shape index (κ1) is 14.5. The Labute approximate surface area is 106 Å². The van der Waals surface area contributed by atoms with Crippen LogP contribution in [-0.4, -0.2) is 28.9 Å². The first-order chi connectivity index (χ1) is 8.02. The van der Waals surface area contributed by atoms with Crippen LogP contribution in [0.25, 0.3) is 0 Å². The molecule has 1 fully saturated rings. The highest BCUT2D eigenvalue weighted by Crippen LogP contribution is 2.32. The van der Waals surface area contributed by atoms with Gasteiger partial charge in [-0.05, 0) is 39.0 Å². The van der Waals surface area contributed by atoms with Gasteiger partial charge in [0.2, 0.25) is 5.91 Å². The zero-order chi connectivity index (χ0) is 12.9. The lowest BCUT2D eigenvalue weighted by molar-refractivity contribution is -0.135. The summed E-state index contributed by atoms with van der Waals surface area (Å²) in [6, 6.07) is 0.345. The van der Waals surface area contributed by atoms with E-state index >= 15 is 0 Å². The molecule has 2 N–H and O–H groups in total. The molecule has 3 heteroatoms. The van der Waals surface area contributed by atoms with Crippen molar-refractivity contribution in [3.05, 3.63) is 0 Å². The van der Waals surface area contributed by atoms with E-state index in [2.05, 4.69) is 20.8 Å². The molecule has 0 aromatic carbocycles. The molecule has 1 aliphatic carbocycles. The van der Waals surface area contributed by atoms with Gasteiger partial charge >= 0.3 is 0 Å². The van der Waals surface area contributed by atoms with Gasteiger partial charge in [-0.1, -0.05) is 20.3 Å². The van der Waals surface area contributed by atoms with E-state index in [0.717, 1.165) is 38.6 Å². The highest BCUT2D eigenvalue weighted by molar-refractivity contribution is 5.78. The van der Waals surface area contributed by atoms with E-state index in [-0.39, 0.29) is 11.4 Å². The van der Waals surface area contributed by atoms with E-state index in [1.165, 1.54) is 6.42 Å². The fourth-order valence-corrected chi connectivity index (χ4v) is 2.35. The molecule has 0 heterocycles. The van der Waals surface area contributed by atoms with Gasteiger partial charge in [-0.15, -0.1) is 0 Å². The maximum Gasteiger partial charge on any atom is 0.224 e. The molecule has 0 aliphatic heterocycles. The molecule has 1 unspecified atom stereocenters. The number of hydrogen-bond acceptors (Lipinski definition) is 2. The Hall–Kier alpha value is -0.570. The lowest BCUT2D eigenvalue weighted by Crippen LogP contribution is -2.51. The maximum atomic E-state index is 12.3. The summed E-state index contributed by atoms with van der Waals surface area (Å²) in [5.74, 6) is 0.259. The monoisotopic (exact) mass is 240 g/mol. The van der Waals surface area contributed by atoms with Crippen LogP contribution in [0, 0.1) is 0 Å². The van der Waals surface area contributed by atoms with Crippen LogP contribution in [0.15, 0.2) is 0 Å². The first-order valence-corrected chi connectivity index (χ1v) is 7.10. The van der Waals surface area contributed by atoms with Gasteiger partial charge in [-0.3, -0.25) is 4.79 Å². The van der Waals surface area contributed by atoms with Crippen LogP contribution in [0.1, 0.15) is 65.7 Å². The second-order valence-electron chi connectivity index (χ2n) is 5.59. The van der Waals surface area contributed by atoms with Gasteiger partial charge in [-0.2, -0.15) is 0 Å². The second kappa shape index (κ2) is 6.39. The van der Waals surface area contributed by atoms with Gasteiger partial charge in [0.25, 0.3) is 0 Å². The molecule has 17 heavy (non-hydrogen) atoms. The molecule has 1 aliphatic rings. The molecule has 100 valence electrons. The molecule has 0 aromatic rings. The zero-order valence-electron chi connectivity index (χ0n) is 11.7. The highest BCUT2D eigenvalue weighted by atomic mass is 16.2. The van der Waals surface area contributed by atoms with Crippen molar-refractivity contribution in [2.24, 2.45) is 5.73 Å².